The quantitative estimate of drug-likeness (QED) is 0.770. The minimum Gasteiger partial charge on any atom is -0.399 e. The molecule has 0 saturated carbocycles. The smallest absolute Gasteiger partial charge is 0.257 e. The highest BCUT2D eigenvalue weighted by molar-refractivity contribution is 9.10. The Balaban J connectivity index is 2.28. The molecular weight excluding hydrogens is 351 g/mol. The summed E-state index contributed by atoms with van der Waals surface area (Å²) in [6.45, 7) is 0. The van der Waals surface area contributed by atoms with Gasteiger partial charge in [0.2, 0.25) is 0 Å². The molecule has 2 aromatic rings. The topological polar surface area (TPSA) is 55.1 Å². The maximum atomic E-state index is 12.1. The molecule has 0 radical (unpaired) electrons. The van der Waals surface area contributed by atoms with Crippen molar-refractivity contribution < 1.29 is 4.79 Å². The average molecular weight is 360 g/mol. The minimum absolute atomic E-state index is 0.335. The van der Waals surface area contributed by atoms with Crippen LogP contribution in [0.25, 0.3) is 0 Å². The highest BCUT2D eigenvalue weighted by atomic mass is 79.9. The molecule has 98 valence electrons. The van der Waals surface area contributed by atoms with E-state index in [1.807, 2.05) is 0 Å². The summed E-state index contributed by atoms with van der Waals surface area (Å²) in [6, 6.07) is 9.99. The van der Waals surface area contributed by atoms with Crippen molar-refractivity contribution in [1.29, 1.82) is 0 Å². The number of carbonyl (C=O) groups is 1. The van der Waals surface area contributed by atoms with Gasteiger partial charge in [0.05, 0.1) is 21.3 Å². The second kappa shape index (κ2) is 5.82. The molecule has 3 N–H and O–H groups in total. The van der Waals surface area contributed by atoms with Crippen molar-refractivity contribution in [3.8, 4) is 0 Å². The van der Waals surface area contributed by atoms with Crippen molar-refractivity contribution in [2.45, 2.75) is 0 Å². The fourth-order valence-corrected chi connectivity index (χ4v) is 2.32. The van der Waals surface area contributed by atoms with E-state index in [1.165, 1.54) is 0 Å². The molecule has 0 bridgehead atoms. The van der Waals surface area contributed by atoms with Gasteiger partial charge in [0, 0.05) is 10.2 Å². The highest BCUT2D eigenvalue weighted by Gasteiger charge is 2.13. The minimum atomic E-state index is -0.335. The van der Waals surface area contributed by atoms with Gasteiger partial charge in [0.25, 0.3) is 5.91 Å². The molecule has 2 rings (SSSR count). The molecule has 19 heavy (non-hydrogen) atoms. The molecule has 0 saturated heterocycles. The number of amides is 1. The number of halogens is 3. The first-order valence-corrected chi connectivity index (χ1v) is 6.84. The molecule has 0 aliphatic carbocycles. The Morgan fingerprint density at radius 3 is 2.63 bits per heavy atom. The number of nitrogens with one attached hydrogen (secondary N) is 1. The van der Waals surface area contributed by atoms with Crippen LogP contribution in [0.2, 0.25) is 10.0 Å². The lowest BCUT2D eigenvalue weighted by molar-refractivity contribution is 0.102. The van der Waals surface area contributed by atoms with Crippen LogP contribution >= 0.6 is 39.1 Å². The van der Waals surface area contributed by atoms with E-state index in [0.717, 1.165) is 0 Å². The van der Waals surface area contributed by atoms with Crippen LogP contribution in [-0.4, -0.2) is 5.91 Å². The van der Waals surface area contributed by atoms with E-state index < -0.39 is 0 Å². The third kappa shape index (κ3) is 3.21. The van der Waals surface area contributed by atoms with E-state index in [0.29, 0.717) is 31.5 Å². The van der Waals surface area contributed by atoms with Gasteiger partial charge >= 0.3 is 0 Å². The van der Waals surface area contributed by atoms with Gasteiger partial charge in [-0.15, -0.1) is 0 Å². The molecule has 0 fully saturated rings. The molecule has 0 aromatic heterocycles. The summed E-state index contributed by atoms with van der Waals surface area (Å²) < 4.78 is 0.658. The molecule has 3 nitrogen and oxygen atoms in total. The lowest BCUT2D eigenvalue weighted by atomic mass is 10.2. The first kappa shape index (κ1) is 14.2. The standard InChI is InChI=1S/C13H9BrCl2N2O/c14-9-3-1-2-8(12(9)16)13(19)18-11-5-4-7(17)6-10(11)15/h1-6H,17H2,(H,18,19). The Kier molecular flexibility index (Phi) is 4.34. The average Bonchev–Trinajstić information content (AvgIpc) is 2.36. The summed E-state index contributed by atoms with van der Waals surface area (Å²) in [5.74, 6) is -0.335. The zero-order valence-electron chi connectivity index (χ0n) is 9.58. The Morgan fingerprint density at radius 2 is 1.95 bits per heavy atom. The van der Waals surface area contributed by atoms with E-state index in [4.69, 9.17) is 28.9 Å². The number of carbonyl (C=O) groups excluding carboxylic acids is 1. The second-order valence-corrected chi connectivity index (χ2v) is 5.43. The first-order valence-electron chi connectivity index (χ1n) is 5.29. The van der Waals surface area contributed by atoms with E-state index in [1.54, 1.807) is 36.4 Å². The fraction of sp³-hybridized carbons (Fsp3) is 0. The van der Waals surface area contributed by atoms with Crippen LogP contribution in [0.4, 0.5) is 11.4 Å². The van der Waals surface area contributed by atoms with Crippen molar-refractivity contribution in [2.24, 2.45) is 0 Å². The van der Waals surface area contributed by atoms with E-state index in [9.17, 15) is 4.79 Å². The predicted molar refractivity (Wildman–Crippen MR) is 83.0 cm³/mol. The highest BCUT2D eigenvalue weighted by Crippen LogP contribution is 2.28. The van der Waals surface area contributed by atoms with Crippen LogP contribution in [0.15, 0.2) is 40.9 Å². The number of benzene rings is 2. The summed E-state index contributed by atoms with van der Waals surface area (Å²) in [7, 11) is 0. The summed E-state index contributed by atoms with van der Waals surface area (Å²) in [4.78, 5) is 12.1. The molecule has 6 heteroatoms. The van der Waals surface area contributed by atoms with Crippen LogP contribution in [0, 0.1) is 0 Å². The number of anilines is 2. The van der Waals surface area contributed by atoms with Crippen LogP contribution in [-0.2, 0) is 0 Å². The van der Waals surface area contributed by atoms with Gasteiger partial charge in [-0.3, -0.25) is 4.79 Å². The van der Waals surface area contributed by atoms with E-state index >= 15 is 0 Å². The summed E-state index contributed by atoms with van der Waals surface area (Å²) in [6.07, 6.45) is 0. The van der Waals surface area contributed by atoms with Crippen molar-refractivity contribution in [2.75, 3.05) is 11.1 Å². The van der Waals surface area contributed by atoms with Crippen molar-refractivity contribution in [3.63, 3.8) is 0 Å². The Hall–Kier alpha value is -1.23. The van der Waals surface area contributed by atoms with Gasteiger partial charge < -0.3 is 11.1 Å². The van der Waals surface area contributed by atoms with Crippen LogP contribution in [0.5, 0.6) is 0 Å². The molecule has 0 aliphatic heterocycles. The molecule has 1 amide bonds. The maximum Gasteiger partial charge on any atom is 0.257 e. The van der Waals surface area contributed by atoms with Gasteiger partial charge in [-0.1, -0.05) is 29.3 Å². The number of rotatable bonds is 2. The third-order valence-corrected chi connectivity index (χ3v) is 4.05. The van der Waals surface area contributed by atoms with Crippen LogP contribution < -0.4 is 11.1 Å². The lowest BCUT2D eigenvalue weighted by Gasteiger charge is -2.09. The SMILES string of the molecule is Nc1ccc(NC(=O)c2cccc(Br)c2Cl)c(Cl)c1. The molecule has 0 atom stereocenters. The first-order chi connectivity index (χ1) is 8.99. The van der Waals surface area contributed by atoms with Crippen LogP contribution in [0.1, 0.15) is 10.4 Å². The number of nitrogens with two attached hydrogens (primary N) is 1. The summed E-state index contributed by atoms with van der Waals surface area (Å²) >= 11 is 15.3. The lowest BCUT2D eigenvalue weighted by Crippen LogP contribution is -2.13. The predicted octanol–water partition coefficient (Wildman–Crippen LogP) is 4.59. The van der Waals surface area contributed by atoms with Gasteiger partial charge in [-0.05, 0) is 46.3 Å². The summed E-state index contributed by atoms with van der Waals surface area (Å²) in [5.41, 5.74) is 6.97. The second-order valence-electron chi connectivity index (χ2n) is 3.79. The largest absolute Gasteiger partial charge is 0.399 e. The molecule has 0 aliphatic rings. The molecule has 0 heterocycles. The van der Waals surface area contributed by atoms with Gasteiger partial charge in [0.15, 0.2) is 0 Å². The van der Waals surface area contributed by atoms with Crippen molar-refractivity contribution in [1.82, 2.24) is 0 Å². The van der Waals surface area contributed by atoms with Gasteiger partial charge in [-0.25, -0.2) is 0 Å². The molecule has 2 aromatic carbocycles. The monoisotopic (exact) mass is 358 g/mol. The maximum absolute atomic E-state index is 12.1. The number of hydrogen-bond acceptors (Lipinski definition) is 2. The fourth-order valence-electron chi connectivity index (χ4n) is 1.50. The third-order valence-electron chi connectivity index (χ3n) is 2.44. The molecule has 0 spiro atoms. The molecule has 0 unspecified atom stereocenters. The number of hydrogen-bond donors (Lipinski definition) is 2. The van der Waals surface area contributed by atoms with E-state index in [2.05, 4.69) is 21.2 Å². The zero-order chi connectivity index (χ0) is 14.0. The zero-order valence-corrected chi connectivity index (χ0v) is 12.7. The number of nitrogen functional groups attached to an aromatic ring is 1. The van der Waals surface area contributed by atoms with Gasteiger partial charge in [-0.2, -0.15) is 0 Å². The van der Waals surface area contributed by atoms with Crippen molar-refractivity contribution in [3.05, 3.63) is 56.5 Å². The normalized spacial score (nSPS) is 10.3. The van der Waals surface area contributed by atoms with E-state index in [-0.39, 0.29) is 5.91 Å². The summed E-state index contributed by atoms with van der Waals surface area (Å²) in [5, 5.41) is 3.42. The van der Waals surface area contributed by atoms with Crippen LogP contribution in [0.3, 0.4) is 0 Å². The Bertz CT molecular complexity index is 647. The molecular formula is C13H9BrCl2N2O. The Morgan fingerprint density at radius 1 is 1.21 bits per heavy atom. The van der Waals surface area contributed by atoms with Crippen molar-refractivity contribution >= 4 is 56.4 Å². The Labute approximate surface area is 128 Å². The van der Waals surface area contributed by atoms with Gasteiger partial charge in [0.1, 0.15) is 0 Å².